The van der Waals surface area contributed by atoms with Crippen LogP contribution in [0.1, 0.15) is 44.6 Å². The van der Waals surface area contributed by atoms with E-state index in [4.69, 9.17) is 16.3 Å². The van der Waals surface area contributed by atoms with Crippen LogP contribution in [0.3, 0.4) is 0 Å². The molecular weight excluding hydrogens is 286 g/mol. The minimum absolute atomic E-state index is 0.0984. The highest BCUT2D eigenvalue weighted by Crippen LogP contribution is 2.35. The summed E-state index contributed by atoms with van der Waals surface area (Å²) < 4.78 is 5.66. The molecule has 1 atom stereocenters. The van der Waals surface area contributed by atoms with E-state index in [9.17, 15) is 4.79 Å². The van der Waals surface area contributed by atoms with Crippen LogP contribution in [0.15, 0.2) is 24.3 Å². The zero-order valence-electron chi connectivity index (χ0n) is 12.8. The number of amides is 1. The van der Waals surface area contributed by atoms with Crippen molar-refractivity contribution in [1.82, 2.24) is 4.90 Å². The van der Waals surface area contributed by atoms with Crippen molar-refractivity contribution in [2.75, 3.05) is 19.0 Å². The molecule has 1 aromatic carbocycles. The summed E-state index contributed by atoms with van der Waals surface area (Å²) in [6.07, 6.45) is 2.67. The Balaban J connectivity index is 2.25. The normalized spacial score (nSPS) is 17.2. The molecule has 1 aliphatic rings. The second kappa shape index (κ2) is 7.69. The van der Waals surface area contributed by atoms with Gasteiger partial charge in [0.15, 0.2) is 0 Å². The number of carbonyl (C=O) groups is 1. The maximum atomic E-state index is 13.0. The van der Waals surface area contributed by atoms with Crippen LogP contribution in [0.4, 0.5) is 0 Å². The average molecular weight is 310 g/mol. The van der Waals surface area contributed by atoms with Crippen molar-refractivity contribution in [3.8, 4) is 5.75 Å². The molecule has 0 saturated carbocycles. The Kier molecular flexibility index (Phi) is 5.92. The van der Waals surface area contributed by atoms with Crippen LogP contribution in [0.5, 0.6) is 5.75 Å². The van der Waals surface area contributed by atoms with E-state index in [1.54, 1.807) is 0 Å². The van der Waals surface area contributed by atoms with Gasteiger partial charge in [-0.25, -0.2) is 0 Å². The Labute approximate surface area is 132 Å². The van der Waals surface area contributed by atoms with Gasteiger partial charge in [-0.2, -0.15) is 0 Å². The third kappa shape index (κ3) is 3.52. The number of para-hydroxylation sites is 1. The SMILES string of the molecule is CCC(CC)N(CCCl)C(=O)C1CCOc2ccccc21. The van der Waals surface area contributed by atoms with Gasteiger partial charge in [0.05, 0.1) is 12.5 Å². The van der Waals surface area contributed by atoms with E-state index in [2.05, 4.69) is 13.8 Å². The van der Waals surface area contributed by atoms with Crippen molar-refractivity contribution in [2.24, 2.45) is 0 Å². The molecule has 1 amide bonds. The number of carbonyl (C=O) groups excluding carboxylic acids is 1. The van der Waals surface area contributed by atoms with Crippen molar-refractivity contribution < 1.29 is 9.53 Å². The first kappa shape index (κ1) is 16.2. The molecule has 2 rings (SSSR count). The van der Waals surface area contributed by atoms with Crippen molar-refractivity contribution in [3.05, 3.63) is 29.8 Å². The van der Waals surface area contributed by atoms with Gasteiger partial charge in [-0.1, -0.05) is 32.0 Å². The van der Waals surface area contributed by atoms with Crippen molar-refractivity contribution in [3.63, 3.8) is 0 Å². The van der Waals surface area contributed by atoms with Gasteiger partial charge >= 0.3 is 0 Å². The Morgan fingerprint density at radius 3 is 2.76 bits per heavy atom. The fraction of sp³-hybridized carbons (Fsp3) is 0.588. The molecule has 0 aliphatic carbocycles. The van der Waals surface area contributed by atoms with Crippen LogP contribution in [0, 0.1) is 0 Å². The van der Waals surface area contributed by atoms with E-state index in [0.29, 0.717) is 19.0 Å². The van der Waals surface area contributed by atoms with Gasteiger partial charge in [0.2, 0.25) is 5.91 Å². The average Bonchev–Trinajstić information content (AvgIpc) is 2.54. The molecule has 0 saturated heterocycles. The molecule has 21 heavy (non-hydrogen) atoms. The molecular formula is C17H24ClNO2. The number of alkyl halides is 1. The molecule has 0 fully saturated rings. The van der Waals surface area contributed by atoms with Gasteiger partial charge in [0, 0.05) is 24.0 Å². The Morgan fingerprint density at radius 2 is 2.10 bits per heavy atom. The highest BCUT2D eigenvalue weighted by Gasteiger charge is 2.32. The number of ether oxygens (including phenoxy) is 1. The van der Waals surface area contributed by atoms with E-state index in [1.165, 1.54) is 0 Å². The summed E-state index contributed by atoms with van der Waals surface area (Å²) in [7, 11) is 0. The summed E-state index contributed by atoms with van der Waals surface area (Å²) in [5.41, 5.74) is 1.01. The van der Waals surface area contributed by atoms with Gasteiger partial charge in [0.25, 0.3) is 0 Å². The maximum absolute atomic E-state index is 13.0. The zero-order valence-corrected chi connectivity index (χ0v) is 13.6. The van der Waals surface area contributed by atoms with Gasteiger partial charge < -0.3 is 9.64 Å². The van der Waals surface area contributed by atoms with Gasteiger partial charge in [-0.05, 0) is 25.3 Å². The van der Waals surface area contributed by atoms with Crippen LogP contribution >= 0.6 is 11.6 Å². The number of halogens is 1. The first-order chi connectivity index (χ1) is 10.2. The molecule has 1 heterocycles. The third-order valence-electron chi connectivity index (χ3n) is 4.25. The number of hydrogen-bond acceptors (Lipinski definition) is 2. The molecule has 0 N–H and O–H groups in total. The molecule has 1 aliphatic heterocycles. The molecule has 116 valence electrons. The molecule has 1 unspecified atom stereocenters. The Hall–Kier alpha value is -1.22. The summed E-state index contributed by atoms with van der Waals surface area (Å²) in [6, 6.07) is 8.13. The second-order valence-electron chi connectivity index (χ2n) is 5.42. The van der Waals surface area contributed by atoms with E-state index < -0.39 is 0 Å². The van der Waals surface area contributed by atoms with Gasteiger partial charge in [-0.15, -0.1) is 11.6 Å². The third-order valence-corrected chi connectivity index (χ3v) is 4.42. The first-order valence-electron chi connectivity index (χ1n) is 7.81. The Bertz CT molecular complexity index is 474. The fourth-order valence-corrected chi connectivity index (χ4v) is 3.27. The zero-order chi connectivity index (χ0) is 15.2. The lowest BCUT2D eigenvalue weighted by atomic mass is 9.91. The smallest absolute Gasteiger partial charge is 0.230 e. The highest BCUT2D eigenvalue weighted by molar-refractivity contribution is 6.18. The van der Waals surface area contributed by atoms with E-state index >= 15 is 0 Å². The number of fused-ring (bicyclic) bond motifs is 1. The summed E-state index contributed by atoms with van der Waals surface area (Å²) >= 11 is 5.92. The predicted octanol–water partition coefficient (Wildman–Crippen LogP) is 3.81. The number of rotatable bonds is 6. The van der Waals surface area contributed by atoms with Crippen LogP contribution in [0.25, 0.3) is 0 Å². The molecule has 0 radical (unpaired) electrons. The molecule has 0 bridgehead atoms. The Morgan fingerprint density at radius 1 is 1.38 bits per heavy atom. The predicted molar refractivity (Wildman–Crippen MR) is 86.1 cm³/mol. The van der Waals surface area contributed by atoms with Crippen LogP contribution in [-0.4, -0.2) is 35.9 Å². The van der Waals surface area contributed by atoms with E-state index in [1.807, 2.05) is 29.2 Å². The lowest BCUT2D eigenvalue weighted by Gasteiger charge is -2.35. The lowest BCUT2D eigenvalue weighted by Crippen LogP contribution is -2.44. The standard InChI is InChI=1S/C17H24ClNO2/c1-3-13(4-2)19(11-10-18)17(20)15-9-12-21-16-8-6-5-7-14(15)16/h5-8,13,15H,3-4,9-12H2,1-2H3. The van der Waals surface area contributed by atoms with Gasteiger partial charge in [0.1, 0.15) is 5.75 Å². The monoisotopic (exact) mass is 309 g/mol. The summed E-state index contributed by atoms with van der Waals surface area (Å²) in [5.74, 6) is 1.42. The van der Waals surface area contributed by atoms with Gasteiger partial charge in [-0.3, -0.25) is 4.79 Å². The fourth-order valence-electron chi connectivity index (χ4n) is 3.09. The molecule has 4 heteroatoms. The first-order valence-corrected chi connectivity index (χ1v) is 8.34. The molecule has 0 spiro atoms. The van der Waals surface area contributed by atoms with Crippen LogP contribution in [0.2, 0.25) is 0 Å². The molecule has 1 aromatic rings. The van der Waals surface area contributed by atoms with Crippen molar-refractivity contribution >= 4 is 17.5 Å². The summed E-state index contributed by atoms with van der Waals surface area (Å²) in [4.78, 5) is 15.0. The summed E-state index contributed by atoms with van der Waals surface area (Å²) in [6.45, 7) is 5.47. The largest absolute Gasteiger partial charge is 0.493 e. The lowest BCUT2D eigenvalue weighted by molar-refractivity contribution is -0.135. The number of hydrogen-bond donors (Lipinski definition) is 0. The van der Waals surface area contributed by atoms with E-state index in [-0.39, 0.29) is 17.9 Å². The van der Waals surface area contributed by atoms with Crippen LogP contribution < -0.4 is 4.74 Å². The highest BCUT2D eigenvalue weighted by atomic mass is 35.5. The van der Waals surface area contributed by atoms with E-state index in [0.717, 1.165) is 30.6 Å². The second-order valence-corrected chi connectivity index (χ2v) is 5.80. The minimum atomic E-state index is -0.0984. The number of nitrogens with zero attached hydrogens (tertiary/aromatic N) is 1. The van der Waals surface area contributed by atoms with Crippen molar-refractivity contribution in [2.45, 2.75) is 45.1 Å². The quantitative estimate of drug-likeness (QED) is 0.748. The topological polar surface area (TPSA) is 29.5 Å². The van der Waals surface area contributed by atoms with Crippen molar-refractivity contribution in [1.29, 1.82) is 0 Å². The number of benzene rings is 1. The van der Waals surface area contributed by atoms with Crippen LogP contribution in [-0.2, 0) is 4.79 Å². The minimum Gasteiger partial charge on any atom is -0.493 e. The molecule has 0 aromatic heterocycles. The maximum Gasteiger partial charge on any atom is 0.230 e. The molecule has 3 nitrogen and oxygen atoms in total. The summed E-state index contributed by atoms with van der Waals surface area (Å²) in [5, 5.41) is 0.